The lowest BCUT2D eigenvalue weighted by molar-refractivity contribution is -0.115. The normalized spacial score (nSPS) is 14.2. The number of carbonyl (C=O) groups is 2. The van der Waals surface area contributed by atoms with Crippen LogP contribution in [0.1, 0.15) is 35.7 Å². The fourth-order valence-electron chi connectivity index (χ4n) is 3.82. The van der Waals surface area contributed by atoms with E-state index in [2.05, 4.69) is 44.7 Å². The van der Waals surface area contributed by atoms with Crippen LogP contribution in [0.5, 0.6) is 0 Å². The Balaban J connectivity index is 1.69. The minimum atomic E-state index is -0.129. The summed E-state index contributed by atoms with van der Waals surface area (Å²) in [5.41, 5.74) is 3.45. The van der Waals surface area contributed by atoms with E-state index in [9.17, 15) is 9.59 Å². The Labute approximate surface area is 190 Å². The van der Waals surface area contributed by atoms with Gasteiger partial charge in [0.25, 0.3) is 5.91 Å². The molecule has 0 atom stereocenters. The number of nitrogens with one attached hydrogen (secondary N) is 2. The van der Waals surface area contributed by atoms with Crippen LogP contribution in [0, 0.1) is 0 Å². The van der Waals surface area contributed by atoms with E-state index in [1.165, 1.54) is 5.56 Å². The van der Waals surface area contributed by atoms with E-state index >= 15 is 0 Å². The van der Waals surface area contributed by atoms with Crippen molar-refractivity contribution < 1.29 is 14.3 Å². The lowest BCUT2D eigenvalue weighted by Crippen LogP contribution is -2.46. The van der Waals surface area contributed by atoms with Crippen molar-refractivity contribution in [1.82, 2.24) is 10.2 Å². The second kappa shape index (κ2) is 12.2. The molecule has 172 valence electrons. The minimum Gasteiger partial charge on any atom is -0.385 e. The van der Waals surface area contributed by atoms with Gasteiger partial charge in [0.15, 0.2) is 0 Å². The van der Waals surface area contributed by atoms with Crippen LogP contribution >= 0.6 is 0 Å². The standard InChI is InChI=1S/C25H34N4O3/c1-3-24(30)27-21-10-11-23(22(18-21)25(31)26-12-7-17-32-2)29-15-13-28(14-16-29)19-20-8-5-4-6-9-20/h4-6,8-11,18H,3,7,12-17,19H2,1-2H3,(H,26,31)(H,27,30). The summed E-state index contributed by atoms with van der Waals surface area (Å²) in [6.45, 7) is 7.43. The van der Waals surface area contributed by atoms with Gasteiger partial charge in [-0.1, -0.05) is 37.3 Å². The molecule has 3 rings (SSSR count). The van der Waals surface area contributed by atoms with Gasteiger partial charge in [-0.05, 0) is 30.2 Å². The number of carbonyl (C=O) groups excluding carboxylic acids is 2. The van der Waals surface area contributed by atoms with Crippen molar-refractivity contribution in [2.24, 2.45) is 0 Å². The Hall–Kier alpha value is -2.90. The predicted octanol–water partition coefficient (Wildman–Crippen LogP) is 3.12. The zero-order valence-electron chi connectivity index (χ0n) is 19.1. The van der Waals surface area contributed by atoms with Gasteiger partial charge in [-0.25, -0.2) is 0 Å². The molecular formula is C25H34N4O3. The van der Waals surface area contributed by atoms with Gasteiger partial charge in [0.2, 0.25) is 5.91 Å². The molecule has 1 fully saturated rings. The highest BCUT2D eigenvalue weighted by Crippen LogP contribution is 2.26. The van der Waals surface area contributed by atoms with Crippen LogP contribution in [0.15, 0.2) is 48.5 Å². The first-order valence-corrected chi connectivity index (χ1v) is 11.3. The summed E-state index contributed by atoms with van der Waals surface area (Å²) < 4.78 is 5.06. The fourth-order valence-corrected chi connectivity index (χ4v) is 3.82. The molecule has 7 heteroatoms. The first kappa shape index (κ1) is 23.8. The number of hydrogen-bond acceptors (Lipinski definition) is 5. The van der Waals surface area contributed by atoms with Crippen LogP contribution < -0.4 is 15.5 Å². The monoisotopic (exact) mass is 438 g/mol. The lowest BCUT2D eigenvalue weighted by Gasteiger charge is -2.37. The highest BCUT2D eigenvalue weighted by molar-refractivity contribution is 6.02. The number of ether oxygens (including phenoxy) is 1. The van der Waals surface area contributed by atoms with E-state index in [1.54, 1.807) is 13.2 Å². The second-order valence-corrected chi connectivity index (χ2v) is 7.98. The van der Waals surface area contributed by atoms with Crippen molar-refractivity contribution in [1.29, 1.82) is 0 Å². The summed E-state index contributed by atoms with van der Waals surface area (Å²) in [6.07, 6.45) is 1.14. The number of rotatable bonds is 10. The smallest absolute Gasteiger partial charge is 0.253 e. The van der Waals surface area contributed by atoms with Crippen LogP contribution in [-0.2, 0) is 16.1 Å². The molecule has 32 heavy (non-hydrogen) atoms. The SMILES string of the molecule is CCC(=O)Nc1ccc(N2CCN(Cc3ccccc3)CC2)c(C(=O)NCCCOC)c1. The lowest BCUT2D eigenvalue weighted by atomic mass is 10.1. The summed E-state index contributed by atoms with van der Waals surface area (Å²) in [7, 11) is 1.65. The third-order valence-corrected chi connectivity index (χ3v) is 5.62. The highest BCUT2D eigenvalue weighted by Gasteiger charge is 2.22. The summed E-state index contributed by atoms with van der Waals surface area (Å²) in [6, 6.07) is 16.1. The molecule has 2 aromatic carbocycles. The van der Waals surface area contributed by atoms with E-state index in [0.29, 0.717) is 30.8 Å². The fraction of sp³-hybridized carbons (Fsp3) is 0.440. The van der Waals surface area contributed by atoms with Crippen molar-refractivity contribution in [3.63, 3.8) is 0 Å². The topological polar surface area (TPSA) is 73.9 Å². The van der Waals surface area contributed by atoms with Crippen LogP contribution in [0.2, 0.25) is 0 Å². The first-order chi connectivity index (χ1) is 15.6. The molecule has 1 saturated heterocycles. The molecule has 1 aliphatic heterocycles. The summed E-state index contributed by atoms with van der Waals surface area (Å²) >= 11 is 0. The molecule has 0 radical (unpaired) electrons. The number of anilines is 2. The van der Waals surface area contributed by atoms with E-state index in [1.807, 2.05) is 25.1 Å². The molecule has 2 N–H and O–H groups in total. The summed E-state index contributed by atoms with van der Waals surface area (Å²) in [5.74, 6) is -0.200. The van der Waals surface area contributed by atoms with Gasteiger partial charge in [0.1, 0.15) is 0 Å². The van der Waals surface area contributed by atoms with Crippen molar-refractivity contribution in [3.05, 3.63) is 59.7 Å². The second-order valence-electron chi connectivity index (χ2n) is 7.98. The van der Waals surface area contributed by atoms with E-state index < -0.39 is 0 Å². The molecule has 0 bridgehead atoms. The molecule has 2 aromatic rings. The molecule has 0 unspecified atom stereocenters. The van der Waals surface area contributed by atoms with Crippen molar-refractivity contribution in [2.45, 2.75) is 26.3 Å². The third-order valence-electron chi connectivity index (χ3n) is 5.62. The number of nitrogens with zero attached hydrogens (tertiary/aromatic N) is 2. The van der Waals surface area contributed by atoms with Gasteiger partial charge >= 0.3 is 0 Å². The zero-order chi connectivity index (χ0) is 22.8. The van der Waals surface area contributed by atoms with Gasteiger partial charge in [0, 0.05) is 70.8 Å². The van der Waals surface area contributed by atoms with Crippen molar-refractivity contribution >= 4 is 23.2 Å². The Morgan fingerprint density at radius 1 is 1.03 bits per heavy atom. The Morgan fingerprint density at radius 2 is 1.78 bits per heavy atom. The molecule has 0 aromatic heterocycles. The summed E-state index contributed by atoms with van der Waals surface area (Å²) in [5, 5.41) is 5.84. The van der Waals surface area contributed by atoms with Crippen LogP contribution in [0.4, 0.5) is 11.4 Å². The molecule has 1 heterocycles. The van der Waals surface area contributed by atoms with E-state index in [0.717, 1.165) is 44.8 Å². The molecule has 1 aliphatic rings. The number of benzene rings is 2. The van der Waals surface area contributed by atoms with Crippen molar-refractivity contribution in [3.8, 4) is 0 Å². The highest BCUT2D eigenvalue weighted by atomic mass is 16.5. The van der Waals surface area contributed by atoms with Gasteiger partial charge in [-0.2, -0.15) is 0 Å². The average molecular weight is 439 g/mol. The maximum atomic E-state index is 13.0. The minimum absolute atomic E-state index is 0.0706. The van der Waals surface area contributed by atoms with Crippen LogP contribution in [0.25, 0.3) is 0 Å². The van der Waals surface area contributed by atoms with E-state index in [-0.39, 0.29) is 11.8 Å². The quantitative estimate of drug-likeness (QED) is 0.558. The molecule has 0 saturated carbocycles. The van der Waals surface area contributed by atoms with Crippen LogP contribution in [-0.4, -0.2) is 63.2 Å². The molecule has 2 amide bonds. The first-order valence-electron chi connectivity index (χ1n) is 11.3. The third kappa shape index (κ3) is 6.80. The molecule has 7 nitrogen and oxygen atoms in total. The maximum Gasteiger partial charge on any atom is 0.253 e. The summed E-state index contributed by atoms with van der Waals surface area (Å²) in [4.78, 5) is 29.5. The number of amides is 2. The Bertz CT molecular complexity index is 880. The zero-order valence-corrected chi connectivity index (χ0v) is 19.1. The number of hydrogen-bond donors (Lipinski definition) is 2. The molecule has 0 aliphatic carbocycles. The van der Waals surface area contributed by atoms with Gasteiger partial charge in [-0.15, -0.1) is 0 Å². The van der Waals surface area contributed by atoms with Crippen molar-refractivity contribution in [2.75, 3.05) is 56.7 Å². The predicted molar refractivity (Wildman–Crippen MR) is 128 cm³/mol. The number of methoxy groups -OCH3 is 1. The average Bonchev–Trinajstić information content (AvgIpc) is 2.83. The Kier molecular flexibility index (Phi) is 9.07. The van der Waals surface area contributed by atoms with Gasteiger partial charge in [-0.3, -0.25) is 14.5 Å². The number of piperazine rings is 1. The molecular weight excluding hydrogens is 404 g/mol. The van der Waals surface area contributed by atoms with E-state index in [4.69, 9.17) is 4.74 Å². The molecule has 0 spiro atoms. The largest absolute Gasteiger partial charge is 0.385 e. The van der Waals surface area contributed by atoms with Gasteiger partial charge < -0.3 is 20.3 Å². The Morgan fingerprint density at radius 3 is 2.47 bits per heavy atom. The van der Waals surface area contributed by atoms with Crippen LogP contribution in [0.3, 0.4) is 0 Å². The maximum absolute atomic E-state index is 13.0. The van der Waals surface area contributed by atoms with Gasteiger partial charge in [0.05, 0.1) is 5.56 Å².